The van der Waals surface area contributed by atoms with Crippen LogP contribution in [0.4, 0.5) is 0 Å². The van der Waals surface area contributed by atoms with E-state index in [1.807, 2.05) is 0 Å². The molecule has 2 aliphatic heterocycles. The monoisotopic (exact) mass is 308 g/mol. The van der Waals surface area contributed by atoms with Gasteiger partial charge in [0.1, 0.15) is 0 Å². The van der Waals surface area contributed by atoms with Gasteiger partial charge < -0.3 is 5.73 Å². The zero-order chi connectivity index (χ0) is 12.7. The molecule has 2 atom stereocenters. The minimum absolute atomic E-state index is 0.431. The second-order valence-corrected chi connectivity index (χ2v) is 6.74. The molecule has 2 unspecified atom stereocenters. The van der Waals surface area contributed by atoms with E-state index in [-0.39, 0.29) is 0 Å². The van der Waals surface area contributed by atoms with Crippen molar-refractivity contribution in [1.82, 2.24) is 4.90 Å². The summed E-state index contributed by atoms with van der Waals surface area (Å²) < 4.78 is 1.25. The molecule has 0 saturated carbocycles. The van der Waals surface area contributed by atoms with Gasteiger partial charge in [-0.3, -0.25) is 4.90 Å². The smallest absolute Gasteiger partial charge is 0.0250 e. The highest BCUT2D eigenvalue weighted by Crippen LogP contribution is 2.37. The molecule has 2 aliphatic rings. The van der Waals surface area contributed by atoms with Crippen molar-refractivity contribution in [3.8, 4) is 0 Å². The number of aryl methyl sites for hydroxylation is 1. The number of fused-ring (bicyclic) bond motifs is 2. The molecule has 3 heteroatoms. The van der Waals surface area contributed by atoms with Crippen LogP contribution >= 0.6 is 15.9 Å². The lowest BCUT2D eigenvalue weighted by Gasteiger charge is -2.37. The number of hydrogen-bond acceptors (Lipinski definition) is 2. The van der Waals surface area contributed by atoms with Crippen LogP contribution in [0.3, 0.4) is 0 Å². The van der Waals surface area contributed by atoms with Crippen LogP contribution in [-0.4, -0.2) is 23.0 Å². The lowest BCUT2D eigenvalue weighted by Crippen LogP contribution is -2.46. The molecule has 1 aromatic rings. The summed E-state index contributed by atoms with van der Waals surface area (Å²) in [5, 5.41) is 0. The topological polar surface area (TPSA) is 29.3 Å². The molecule has 2 heterocycles. The Kier molecular flexibility index (Phi) is 3.48. The van der Waals surface area contributed by atoms with Crippen LogP contribution in [0.2, 0.25) is 0 Å². The SMILES string of the molecule is Cc1ccc(CN2C3CCC2CC(N)C3)c(Br)c1. The summed E-state index contributed by atoms with van der Waals surface area (Å²) in [5.41, 5.74) is 8.85. The van der Waals surface area contributed by atoms with Crippen LogP contribution in [0.25, 0.3) is 0 Å². The summed E-state index contributed by atoms with van der Waals surface area (Å²) in [4.78, 5) is 2.68. The van der Waals surface area contributed by atoms with Crippen molar-refractivity contribution in [3.05, 3.63) is 33.8 Å². The largest absolute Gasteiger partial charge is 0.328 e. The third-order valence-corrected chi connectivity index (χ3v) is 5.22. The van der Waals surface area contributed by atoms with Crippen molar-refractivity contribution in [2.24, 2.45) is 5.73 Å². The quantitative estimate of drug-likeness (QED) is 0.909. The average molecular weight is 309 g/mol. The zero-order valence-electron chi connectivity index (χ0n) is 10.9. The first-order valence-electron chi connectivity index (χ1n) is 6.90. The van der Waals surface area contributed by atoms with Gasteiger partial charge in [-0.1, -0.05) is 28.1 Å². The Bertz CT molecular complexity index is 432. The van der Waals surface area contributed by atoms with Crippen molar-refractivity contribution in [2.75, 3.05) is 0 Å². The van der Waals surface area contributed by atoms with Crippen molar-refractivity contribution in [1.29, 1.82) is 0 Å². The van der Waals surface area contributed by atoms with Gasteiger partial charge in [0, 0.05) is 29.1 Å². The Morgan fingerprint density at radius 3 is 2.56 bits per heavy atom. The van der Waals surface area contributed by atoms with E-state index in [0.717, 1.165) is 6.54 Å². The van der Waals surface area contributed by atoms with Crippen molar-refractivity contribution in [3.63, 3.8) is 0 Å². The molecule has 1 aromatic carbocycles. The maximum atomic E-state index is 6.13. The predicted molar refractivity (Wildman–Crippen MR) is 78.4 cm³/mol. The number of nitrogens with two attached hydrogens (primary N) is 1. The highest BCUT2D eigenvalue weighted by atomic mass is 79.9. The minimum Gasteiger partial charge on any atom is -0.328 e. The Labute approximate surface area is 118 Å². The fourth-order valence-electron chi connectivity index (χ4n) is 3.55. The number of benzene rings is 1. The maximum absolute atomic E-state index is 6.13. The molecule has 18 heavy (non-hydrogen) atoms. The average Bonchev–Trinajstić information content (AvgIpc) is 2.56. The molecule has 2 saturated heterocycles. The summed E-state index contributed by atoms with van der Waals surface area (Å²) in [6.45, 7) is 3.21. The first-order valence-corrected chi connectivity index (χ1v) is 7.69. The van der Waals surface area contributed by atoms with Crippen molar-refractivity contribution < 1.29 is 0 Å². The second-order valence-electron chi connectivity index (χ2n) is 5.88. The number of hydrogen-bond donors (Lipinski definition) is 1. The minimum atomic E-state index is 0.431. The van der Waals surface area contributed by atoms with Crippen molar-refractivity contribution in [2.45, 2.75) is 57.3 Å². The van der Waals surface area contributed by atoms with Gasteiger partial charge in [0.25, 0.3) is 0 Å². The third-order valence-electron chi connectivity index (χ3n) is 4.48. The predicted octanol–water partition coefficient (Wildman–Crippen LogP) is 3.21. The first kappa shape index (κ1) is 12.6. The summed E-state index contributed by atoms with van der Waals surface area (Å²) in [6.07, 6.45) is 5.03. The van der Waals surface area contributed by atoms with E-state index in [9.17, 15) is 0 Å². The molecule has 0 aromatic heterocycles. The summed E-state index contributed by atoms with van der Waals surface area (Å²) >= 11 is 3.69. The van der Waals surface area contributed by atoms with Gasteiger partial charge in [0.05, 0.1) is 0 Å². The molecule has 98 valence electrons. The summed E-state index contributed by atoms with van der Waals surface area (Å²) in [7, 11) is 0. The number of halogens is 1. The molecular formula is C15H21BrN2. The van der Waals surface area contributed by atoms with Crippen LogP contribution in [-0.2, 0) is 6.54 Å². The van der Waals surface area contributed by atoms with Gasteiger partial charge in [-0.15, -0.1) is 0 Å². The van der Waals surface area contributed by atoms with Crippen LogP contribution in [0.15, 0.2) is 22.7 Å². The molecular weight excluding hydrogens is 288 g/mol. The number of nitrogens with zero attached hydrogens (tertiary/aromatic N) is 1. The van der Waals surface area contributed by atoms with Gasteiger partial charge in [0.2, 0.25) is 0 Å². The molecule has 2 nitrogen and oxygen atoms in total. The number of piperidine rings is 1. The van der Waals surface area contributed by atoms with E-state index in [0.29, 0.717) is 18.1 Å². The molecule has 0 radical (unpaired) electrons. The van der Waals surface area contributed by atoms with E-state index in [2.05, 4.69) is 46.0 Å². The fourth-order valence-corrected chi connectivity index (χ4v) is 4.17. The Balaban J connectivity index is 1.77. The standard InChI is InChI=1S/C15H21BrN2/c1-10-2-3-11(15(16)6-10)9-18-13-4-5-14(18)8-12(17)7-13/h2-3,6,12-14H,4-5,7-9,17H2,1H3. The normalized spacial score (nSPS) is 31.8. The molecule has 2 bridgehead atoms. The molecule has 3 rings (SSSR count). The van der Waals surface area contributed by atoms with E-state index < -0.39 is 0 Å². The molecule has 0 amide bonds. The van der Waals surface area contributed by atoms with Gasteiger partial charge in [0.15, 0.2) is 0 Å². The molecule has 2 fully saturated rings. The van der Waals surface area contributed by atoms with Gasteiger partial charge in [-0.25, -0.2) is 0 Å². The lowest BCUT2D eigenvalue weighted by molar-refractivity contribution is 0.119. The van der Waals surface area contributed by atoms with E-state index in [4.69, 9.17) is 5.73 Å². The van der Waals surface area contributed by atoms with Gasteiger partial charge >= 0.3 is 0 Å². The maximum Gasteiger partial charge on any atom is 0.0250 e. The summed E-state index contributed by atoms with van der Waals surface area (Å²) in [6, 6.07) is 8.54. The molecule has 2 N–H and O–H groups in total. The first-order chi connectivity index (χ1) is 8.63. The Morgan fingerprint density at radius 1 is 1.28 bits per heavy atom. The third kappa shape index (κ3) is 2.36. The van der Waals surface area contributed by atoms with E-state index in [1.54, 1.807) is 0 Å². The van der Waals surface area contributed by atoms with Gasteiger partial charge in [-0.05, 0) is 49.8 Å². The highest BCUT2D eigenvalue weighted by Gasteiger charge is 2.39. The molecule has 0 spiro atoms. The highest BCUT2D eigenvalue weighted by molar-refractivity contribution is 9.10. The van der Waals surface area contributed by atoms with Crippen LogP contribution in [0.1, 0.15) is 36.8 Å². The fraction of sp³-hybridized carbons (Fsp3) is 0.600. The van der Waals surface area contributed by atoms with E-state index in [1.165, 1.54) is 41.3 Å². The summed E-state index contributed by atoms with van der Waals surface area (Å²) in [5.74, 6) is 0. The van der Waals surface area contributed by atoms with Crippen LogP contribution < -0.4 is 5.73 Å². The van der Waals surface area contributed by atoms with Crippen LogP contribution in [0, 0.1) is 6.92 Å². The Hall–Kier alpha value is -0.380. The lowest BCUT2D eigenvalue weighted by atomic mass is 9.97. The molecule has 0 aliphatic carbocycles. The number of rotatable bonds is 2. The second kappa shape index (κ2) is 4.95. The van der Waals surface area contributed by atoms with Crippen molar-refractivity contribution >= 4 is 15.9 Å². The van der Waals surface area contributed by atoms with E-state index >= 15 is 0 Å². The van der Waals surface area contributed by atoms with Crippen LogP contribution in [0.5, 0.6) is 0 Å². The Morgan fingerprint density at radius 2 is 1.94 bits per heavy atom. The zero-order valence-corrected chi connectivity index (χ0v) is 12.5. The van der Waals surface area contributed by atoms with Gasteiger partial charge in [-0.2, -0.15) is 0 Å².